The first-order valence-corrected chi connectivity index (χ1v) is 8.27. The molecule has 0 amide bonds. The Hall–Kier alpha value is -1.92. The summed E-state index contributed by atoms with van der Waals surface area (Å²) in [5, 5.41) is 15.2. The van der Waals surface area contributed by atoms with Crippen molar-refractivity contribution < 1.29 is 29.3 Å². The number of ether oxygens (including phenoxy) is 2. The quantitative estimate of drug-likeness (QED) is 0.530. The van der Waals surface area contributed by atoms with Gasteiger partial charge in [-0.25, -0.2) is 9.59 Å². The van der Waals surface area contributed by atoms with Crippen LogP contribution in [0.25, 0.3) is 0 Å². The molecule has 0 spiro atoms. The average Bonchev–Trinajstić information content (AvgIpc) is 2.62. The smallest absolute Gasteiger partial charge is 0.339 e. The van der Waals surface area contributed by atoms with Crippen LogP contribution < -0.4 is 0 Å². The van der Waals surface area contributed by atoms with E-state index in [-0.39, 0.29) is 24.3 Å². The molecule has 0 saturated heterocycles. The lowest BCUT2D eigenvalue weighted by atomic mass is 10.1. The summed E-state index contributed by atoms with van der Waals surface area (Å²) in [5.74, 6) is -0.942. The fourth-order valence-corrected chi connectivity index (χ4v) is 1.61. The van der Waals surface area contributed by atoms with Crippen LogP contribution in [0.1, 0.15) is 60.2 Å². The van der Waals surface area contributed by atoms with E-state index in [9.17, 15) is 9.59 Å². The summed E-state index contributed by atoms with van der Waals surface area (Å²) in [4.78, 5) is 23.9. The zero-order chi connectivity index (χ0) is 18.2. The highest BCUT2D eigenvalue weighted by Gasteiger charge is 2.18. The molecule has 0 aliphatic carbocycles. The van der Waals surface area contributed by atoms with Crippen molar-refractivity contribution in [2.24, 2.45) is 0 Å². The van der Waals surface area contributed by atoms with Gasteiger partial charge >= 0.3 is 11.9 Å². The molecule has 6 heteroatoms. The van der Waals surface area contributed by atoms with E-state index in [1.54, 1.807) is 24.3 Å². The van der Waals surface area contributed by atoms with Crippen LogP contribution in [0.5, 0.6) is 0 Å². The van der Waals surface area contributed by atoms with Gasteiger partial charge in [0.25, 0.3) is 0 Å². The molecule has 0 bridgehead atoms. The van der Waals surface area contributed by atoms with Gasteiger partial charge in [-0.15, -0.1) is 0 Å². The molecule has 0 atom stereocenters. The van der Waals surface area contributed by atoms with Crippen molar-refractivity contribution in [3.8, 4) is 0 Å². The maximum atomic E-state index is 11.9. The zero-order valence-corrected chi connectivity index (χ0v) is 14.5. The normalized spacial score (nSPS) is 9.67. The predicted molar refractivity (Wildman–Crippen MR) is 91.0 cm³/mol. The van der Waals surface area contributed by atoms with Crippen molar-refractivity contribution in [2.45, 2.75) is 39.5 Å². The Morgan fingerprint density at radius 3 is 1.50 bits per heavy atom. The first-order valence-electron chi connectivity index (χ1n) is 8.27. The summed E-state index contributed by atoms with van der Waals surface area (Å²) in [6, 6.07) is 6.59. The molecule has 0 fully saturated rings. The van der Waals surface area contributed by atoms with E-state index in [1.165, 1.54) is 0 Å². The molecule has 0 aliphatic rings. The number of benzene rings is 1. The standard InChI is InChI=1S/C16H22O4.C2H6O2/c1-3-5-11-19-15(17)13-9-7-8-10-14(13)16(18)20-12-6-4-2;3-1-2-4/h7-10H,3-6,11-12H2,1-2H3;3-4H,1-2H2. The van der Waals surface area contributed by atoms with Crippen molar-refractivity contribution >= 4 is 11.9 Å². The van der Waals surface area contributed by atoms with Gasteiger partial charge < -0.3 is 19.7 Å². The molecule has 1 aromatic carbocycles. The largest absolute Gasteiger partial charge is 0.462 e. The van der Waals surface area contributed by atoms with E-state index < -0.39 is 11.9 Å². The Bertz CT molecular complexity index is 429. The van der Waals surface area contributed by atoms with E-state index in [4.69, 9.17) is 19.7 Å². The highest BCUT2D eigenvalue weighted by atomic mass is 16.5. The van der Waals surface area contributed by atoms with E-state index >= 15 is 0 Å². The minimum Gasteiger partial charge on any atom is -0.462 e. The molecular formula is C18H28O6. The van der Waals surface area contributed by atoms with Crippen LogP contribution in [0, 0.1) is 0 Å². The summed E-state index contributed by atoms with van der Waals surface area (Å²) in [7, 11) is 0. The van der Waals surface area contributed by atoms with Crippen molar-refractivity contribution in [1.29, 1.82) is 0 Å². The number of carbonyl (C=O) groups excluding carboxylic acids is 2. The summed E-state index contributed by atoms with van der Waals surface area (Å²) < 4.78 is 10.3. The molecule has 1 rings (SSSR count). The summed E-state index contributed by atoms with van der Waals surface area (Å²) in [6.45, 7) is 4.53. The number of aliphatic hydroxyl groups excluding tert-OH is 2. The molecular weight excluding hydrogens is 312 g/mol. The molecule has 0 saturated carbocycles. The molecule has 0 unspecified atom stereocenters. The van der Waals surface area contributed by atoms with Gasteiger partial charge in [0.1, 0.15) is 0 Å². The van der Waals surface area contributed by atoms with Crippen molar-refractivity contribution in [3.63, 3.8) is 0 Å². The molecule has 0 aromatic heterocycles. The number of esters is 2. The van der Waals surface area contributed by atoms with Crippen molar-refractivity contribution in [3.05, 3.63) is 35.4 Å². The Labute approximate surface area is 143 Å². The Kier molecular flexibility index (Phi) is 13.5. The van der Waals surface area contributed by atoms with Crippen LogP contribution in [0.2, 0.25) is 0 Å². The van der Waals surface area contributed by atoms with Gasteiger partial charge in [-0.05, 0) is 25.0 Å². The van der Waals surface area contributed by atoms with E-state index in [2.05, 4.69) is 0 Å². The second-order valence-electron chi connectivity index (χ2n) is 4.97. The van der Waals surface area contributed by atoms with Crippen LogP contribution in [0.15, 0.2) is 24.3 Å². The first kappa shape index (κ1) is 22.1. The highest BCUT2D eigenvalue weighted by Crippen LogP contribution is 2.12. The highest BCUT2D eigenvalue weighted by molar-refractivity contribution is 6.03. The fourth-order valence-electron chi connectivity index (χ4n) is 1.61. The zero-order valence-electron chi connectivity index (χ0n) is 14.5. The lowest BCUT2D eigenvalue weighted by Crippen LogP contribution is -2.14. The van der Waals surface area contributed by atoms with Crippen LogP contribution in [0.3, 0.4) is 0 Å². The van der Waals surface area contributed by atoms with Gasteiger partial charge in [-0.2, -0.15) is 0 Å². The number of carbonyl (C=O) groups is 2. The number of rotatable bonds is 9. The van der Waals surface area contributed by atoms with Crippen LogP contribution in [-0.2, 0) is 9.47 Å². The summed E-state index contributed by atoms with van der Waals surface area (Å²) in [5.41, 5.74) is 0.537. The maximum absolute atomic E-state index is 11.9. The third-order valence-electron chi connectivity index (χ3n) is 2.93. The van der Waals surface area contributed by atoms with Crippen LogP contribution in [-0.4, -0.2) is 48.6 Å². The summed E-state index contributed by atoms with van der Waals surface area (Å²) >= 11 is 0. The molecule has 0 heterocycles. The van der Waals surface area contributed by atoms with Crippen LogP contribution in [0.4, 0.5) is 0 Å². The summed E-state index contributed by atoms with van der Waals surface area (Å²) in [6.07, 6.45) is 3.53. The van der Waals surface area contributed by atoms with Crippen molar-refractivity contribution in [2.75, 3.05) is 26.4 Å². The van der Waals surface area contributed by atoms with Crippen molar-refractivity contribution in [1.82, 2.24) is 0 Å². The Morgan fingerprint density at radius 1 is 0.833 bits per heavy atom. The third-order valence-corrected chi connectivity index (χ3v) is 2.93. The molecule has 0 radical (unpaired) electrons. The number of aliphatic hydroxyl groups is 2. The molecule has 2 N–H and O–H groups in total. The second-order valence-corrected chi connectivity index (χ2v) is 4.97. The van der Waals surface area contributed by atoms with E-state index in [0.29, 0.717) is 13.2 Å². The lowest BCUT2D eigenvalue weighted by molar-refractivity contribution is 0.0452. The van der Waals surface area contributed by atoms with Gasteiger partial charge in [0.15, 0.2) is 0 Å². The minimum absolute atomic E-state index is 0.125. The molecule has 1 aromatic rings. The minimum atomic E-state index is -0.471. The molecule has 0 aliphatic heterocycles. The lowest BCUT2D eigenvalue weighted by Gasteiger charge is -2.09. The monoisotopic (exact) mass is 340 g/mol. The maximum Gasteiger partial charge on any atom is 0.339 e. The fraction of sp³-hybridized carbons (Fsp3) is 0.556. The number of hydrogen-bond acceptors (Lipinski definition) is 6. The Morgan fingerprint density at radius 2 is 1.21 bits per heavy atom. The first-order chi connectivity index (χ1) is 11.6. The number of unbranched alkanes of at least 4 members (excludes halogenated alkanes) is 2. The Balaban J connectivity index is 0.00000118. The van der Waals surface area contributed by atoms with Gasteiger partial charge in [-0.3, -0.25) is 0 Å². The van der Waals surface area contributed by atoms with Gasteiger partial charge in [0.2, 0.25) is 0 Å². The molecule has 6 nitrogen and oxygen atoms in total. The molecule has 24 heavy (non-hydrogen) atoms. The average molecular weight is 340 g/mol. The second kappa shape index (κ2) is 14.7. The SMILES string of the molecule is CCCCOC(=O)c1ccccc1C(=O)OCCCC.OCCO. The number of hydrogen-bond donors (Lipinski definition) is 2. The van der Waals surface area contributed by atoms with Gasteiger partial charge in [-0.1, -0.05) is 38.8 Å². The predicted octanol–water partition coefficient (Wildman–Crippen LogP) is 2.57. The van der Waals surface area contributed by atoms with Gasteiger partial charge in [0, 0.05) is 0 Å². The van der Waals surface area contributed by atoms with E-state index in [1.807, 2.05) is 13.8 Å². The topological polar surface area (TPSA) is 93.1 Å². The molecule has 136 valence electrons. The van der Waals surface area contributed by atoms with E-state index in [0.717, 1.165) is 25.7 Å². The third kappa shape index (κ3) is 9.27. The van der Waals surface area contributed by atoms with Gasteiger partial charge in [0.05, 0.1) is 37.6 Å². The van der Waals surface area contributed by atoms with Crippen LogP contribution >= 0.6 is 0 Å².